The van der Waals surface area contributed by atoms with Crippen LogP contribution in [0.25, 0.3) is 0 Å². The van der Waals surface area contributed by atoms with Gasteiger partial charge in [0.1, 0.15) is 0 Å². The van der Waals surface area contributed by atoms with Crippen LogP contribution in [0.15, 0.2) is 30.3 Å². The van der Waals surface area contributed by atoms with Crippen molar-refractivity contribution < 1.29 is 28.4 Å². The number of benzene rings is 3. The van der Waals surface area contributed by atoms with Crippen LogP contribution >= 0.6 is 0 Å². The fraction of sp³-hybridized carbons (Fsp3) is 0.471. The molecule has 0 saturated heterocycles. The molecule has 0 saturated carbocycles. The summed E-state index contributed by atoms with van der Waals surface area (Å²) in [6.45, 7) is 4.07. The van der Waals surface area contributed by atoms with Crippen LogP contribution in [0, 0.1) is 6.92 Å². The van der Waals surface area contributed by atoms with E-state index in [2.05, 4.69) is 61.2 Å². The Kier molecular flexibility index (Phi) is 8.76. The summed E-state index contributed by atoms with van der Waals surface area (Å²) < 4.78 is 34.9. The van der Waals surface area contributed by atoms with Gasteiger partial charge in [-0.2, -0.15) is 0 Å². The quantitative estimate of drug-likeness (QED) is 0.336. The van der Waals surface area contributed by atoms with Gasteiger partial charge in [0.25, 0.3) is 0 Å². The Hall–Kier alpha value is -3.62. The first kappa shape index (κ1) is 29.9. The van der Waals surface area contributed by atoms with Crippen molar-refractivity contribution in [1.29, 1.82) is 0 Å². The third kappa shape index (κ3) is 5.01. The second-order valence-corrected chi connectivity index (χ2v) is 11.2. The fourth-order valence-electron chi connectivity index (χ4n) is 6.84. The molecule has 0 spiro atoms. The minimum absolute atomic E-state index is 0.0127. The van der Waals surface area contributed by atoms with E-state index < -0.39 is 0 Å². The highest BCUT2D eigenvalue weighted by atomic mass is 16.5. The van der Waals surface area contributed by atoms with Gasteiger partial charge in [-0.15, -0.1) is 0 Å². The number of fused-ring (bicyclic) bond motifs is 2. The van der Waals surface area contributed by atoms with Crippen LogP contribution in [0.5, 0.6) is 34.5 Å². The second-order valence-electron chi connectivity index (χ2n) is 11.2. The molecular weight excluding hydrogens is 532 g/mol. The number of rotatable bonds is 9. The SMILES string of the molecule is COc1cc2c(c(OC)c1OC)C(Cc1ccc(C)c(C3c4c(cc(OC)c(OC)c4OC)CCN3C)c1)N(C)CC2. The largest absolute Gasteiger partial charge is 0.493 e. The van der Waals surface area contributed by atoms with Crippen molar-refractivity contribution in [3.63, 3.8) is 0 Å². The molecule has 0 bridgehead atoms. The zero-order valence-corrected chi connectivity index (χ0v) is 26.4. The summed E-state index contributed by atoms with van der Waals surface area (Å²) in [6.07, 6.45) is 2.66. The maximum atomic E-state index is 6.01. The summed E-state index contributed by atoms with van der Waals surface area (Å²) >= 11 is 0. The molecule has 0 aromatic heterocycles. The molecule has 2 aliphatic rings. The van der Waals surface area contributed by atoms with Crippen LogP contribution < -0.4 is 28.4 Å². The Labute approximate surface area is 250 Å². The molecule has 2 atom stereocenters. The Morgan fingerprint density at radius 3 is 1.71 bits per heavy atom. The second kappa shape index (κ2) is 12.3. The fourth-order valence-corrected chi connectivity index (χ4v) is 6.84. The van der Waals surface area contributed by atoms with Crippen molar-refractivity contribution in [3.8, 4) is 34.5 Å². The molecule has 0 radical (unpaired) electrons. The highest BCUT2D eigenvalue weighted by Gasteiger charge is 2.35. The van der Waals surface area contributed by atoms with Crippen molar-refractivity contribution in [2.24, 2.45) is 0 Å². The maximum Gasteiger partial charge on any atom is 0.203 e. The molecule has 0 fully saturated rings. The lowest BCUT2D eigenvalue weighted by Crippen LogP contribution is -2.35. The average molecular weight is 577 g/mol. The summed E-state index contributed by atoms with van der Waals surface area (Å²) in [5.41, 5.74) is 8.54. The molecule has 3 aromatic rings. The number of ether oxygens (including phenoxy) is 6. The lowest BCUT2D eigenvalue weighted by Gasteiger charge is -2.38. The first-order valence-electron chi connectivity index (χ1n) is 14.4. The normalized spacial score (nSPS) is 18.6. The molecular formula is C34H44N2O6. The summed E-state index contributed by atoms with van der Waals surface area (Å²) in [7, 11) is 14.5. The Bertz CT molecular complexity index is 1450. The van der Waals surface area contributed by atoms with E-state index in [1.54, 1.807) is 42.7 Å². The first-order chi connectivity index (χ1) is 20.3. The minimum Gasteiger partial charge on any atom is -0.493 e. The van der Waals surface area contributed by atoms with E-state index in [4.69, 9.17) is 28.4 Å². The number of nitrogens with zero attached hydrogens (tertiary/aromatic N) is 2. The summed E-state index contributed by atoms with van der Waals surface area (Å²) in [4.78, 5) is 4.82. The topological polar surface area (TPSA) is 61.9 Å². The van der Waals surface area contributed by atoms with Gasteiger partial charge in [-0.3, -0.25) is 9.80 Å². The molecule has 42 heavy (non-hydrogen) atoms. The molecule has 2 heterocycles. The van der Waals surface area contributed by atoms with Gasteiger partial charge in [-0.25, -0.2) is 0 Å². The van der Waals surface area contributed by atoms with E-state index in [0.717, 1.165) is 49.4 Å². The maximum absolute atomic E-state index is 6.01. The Balaban J connectivity index is 1.61. The number of hydrogen-bond donors (Lipinski definition) is 0. The minimum atomic E-state index is 0.0127. The monoisotopic (exact) mass is 576 g/mol. The van der Waals surface area contributed by atoms with E-state index in [9.17, 15) is 0 Å². The molecule has 0 N–H and O–H groups in total. The van der Waals surface area contributed by atoms with Crippen molar-refractivity contribution in [2.75, 3.05) is 69.8 Å². The lowest BCUT2D eigenvalue weighted by atomic mass is 9.83. The summed E-state index contributed by atoms with van der Waals surface area (Å²) in [5, 5.41) is 0. The van der Waals surface area contributed by atoms with Gasteiger partial charge in [0.15, 0.2) is 23.0 Å². The van der Waals surface area contributed by atoms with Crippen LogP contribution in [0.4, 0.5) is 0 Å². The third-order valence-corrected chi connectivity index (χ3v) is 9.02. The predicted molar refractivity (Wildman–Crippen MR) is 164 cm³/mol. The van der Waals surface area contributed by atoms with Gasteiger partial charge in [0.05, 0.1) is 48.7 Å². The summed E-state index contributed by atoms with van der Waals surface area (Å²) in [5.74, 6) is 4.16. The molecule has 0 amide bonds. The van der Waals surface area contributed by atoms with Gasteiger partial charge >= 0.3 is 0 Å². The molecule has 3 aromatic carbocycles. The van der Waals surface area contributed by atoms with Crippen LogP contribution in [0.2, 0.25) is 0 Å². The summed E-state index contributed by atoms with van der Waals surface area (Å²) in [6, 6.07) is 11.2. The van der Waals surface area contributed by atoms with Crippen LogP contribution in [-0.2, 0) is 19.3 Å². The van der Waals surface area contributed by atoms with E-state index in [-0.39, 0.29) is 12.1 Å². The molecule has 2 aliphatic heterocycles. The Morgan fingerprint density at radius 1 is 0.643 bits per heavy atom. The standard InChI is InChI=1S/C34H44N2O6/c1-20-10-11-21(17-25-28-22(12-14-35(25)2)18-26(37-4)31(39-6)33(28)41-8)16-24(20)30-29-23(13-15-36(30)3)19-27(38-5)32(40-7)34(29)42-9/h10-11,16,18-19,25,30H,12-15,17H2,1-9H3. The molecule has 5 rings (SSSR count). The number of likely N-dealkylation sites (N-methyl/N-ethyl adjacent to an activating group) is 2. The zero-order chi connectivity index (χ0) is 30.1. The number of hydrogen-bond acceptors (Lipinski definition) is 8. The van der Waals surface area contributed by atoms with E-state index in [0.29, 0.717) is 23.0 Å². The van der Waals surface area contributed by atoms with Crippen molar-refractivity contribution in [2.45, 2.75) is 38.3 Å². The van der Waals surface area contributed by atoms with Gasteiger partial charge in [-0.05, 0) is 80.2 Å². The van der Waals surface area contributed by atoms with Gasteiger partial charge < -0.3 is 28.4 Å². The van der Waals surface area contributed by atoms with E-state index in [1.165, 1.54) is 33.4 Å². The molecule has 226 valence electrons. The van der Waals surface area contributed by atoms with E-state index >= 15 is 0 Å². The van der Waals surface area contributed by atoms with Crippen LogP contribution in [0.1, 0.15) is 51.0 Å². The van der Waals surface area contributed by atoms with Crippen LogP contribution in [0.3, 0.4) is 0 Å². The van der Waals surface area contributed by atoms with Gasteiger partial charge in [0.2, 0.25) is 11.5 Å². The predicted octanol–water partition coefficient (Wildman–Crippen LogP) is 5.40. The molecule has 0 aliphatic carbocycles. The van der Waals surface area contributed by atoms with Crippen LogP contribution in [-0.4, -0.2) is 79.6 Å². The lowest BCUT2D eigenvalue weighted by molar-refractivity contribution is 0.219. The highest BCUT2D eigenvalue weighted by molar-refractivity contribution is 5.63. The molecule has 2 unspecified atom stereocenters. The van der Waals surface area contributed by atoms with Gasteiger partial charge in [-0.1, -0.05) is 18.2 Å². The average Bonchev–Trinajstić information content (AvgIpc) is 3.01. The van der Waals surface area contributed by atoms with Crippen molar-refractivity contribution >= 4 is 0 Å². The highest BCUT2D eigenvalue weighted by Crippen LogP contribution is 2.51. The van der Waals surface area contributed by atoms with Crippen molar-refractivity contribution in [1.82, 2.24) is 9.80 Å². The first-order valence-corrected chi connectivity index (χ1v) is 14.4. The van der Waals surface area contributed by atoms with Gasteiger partial charge in [0, 0.05) is 30.3 Å². The smallest absolute Gasteiger partial charge is 0.203 e. The number of methoxy groups -OCH3 is 6. The molecule has 8 heteroatoms. The Morgan fingerprint density at radius 2 is 1.17 bits per heavy atom. The molecule has 8 nitrogen and oxygen atoms in total. The van der Waals surface area contributed by atoms with Crippen molar-refractivity contribution in [3.05, 3.63) is 69.3 Å². The number of aryl methyl sites for hydroxylation is 1. The van der Waals surface area contributed by atoms with E-state index in [1.807, 2.05) is 0 Å². The third-order valence-electron chi connectivity index (χ3n) is 9.02. The zero-order valence-electron chi connectivity index (χ0n) is 26.4.